The third-order valence-corrected chi connectivity index (χ3v) is 3.79. The van der Waals surface area contributed by atoms with Crippen molar-refractivity contribution < 1.29 is 9.53 Å². The van der Waals surface area contributed by atoms with Gasteiger partial charge in [0.2, 0.25) is 5.91 Å². The molecule has 0 aromatic heterocycles. The molecule has 0 aliphatic carbocycles. The molecule has 2 N–H and O–H groups in total. The van der Waals surface area contributed by atoms with Crippen molar-refractivity contribution in [1.29, 1.82) is 5.26 Å². The highest BCUT2D eigenvalue weighted by atomic mass is 16.5. The molecule has 1 aliphatic heterocycles. The van der Waals surface area contributed by atoms with Crippen molar-refractivity contribution >= 4 is 5.91 Å². The van der Waals surface area contributed by atoms with E-state index in [2.05, 4.69) is 11.0 Å². The van der Waals surface area contributed by atoms with Crippen molar-refractivity contribution in [2.45, 2.75) is 33.2 Å². The lowest BCUT2D eigenvalue weighted by atomic mass is 9.86. The summed E-state index contributed by atoms with van der Waals surface area (Å²) < 4.78 is 5.32. The number of ether oxygens (including phenoxy) is 1. The van der Waals surface area contributed by atoms with Crippen LogP contribution in [-0.4, -0.2) is 67.7 Å². The lowest BCUT2D eigenvalue weighted by Gasteiger charge is -2.34. The number of nitrogens with two attached hydrogens (primary N) is 1. The molecular formula is C15H28N4O2. The summed E-state index contributed by atoms with van der Waals surface area (Å²) in [5, 5.41) is 8.77. The van der Waals surface area contributed by atoms with Crippen molar-refractivity contribution in [3.63, 3.8) is 0 Å². The van der Waals surface area contributed by atoms with E-state index in [4.69, 9.17) is 15.7 Å². The second kappa shape index (κ2) is 8.32. The molecule has 0 unspecified atom stereocenters. The first-order chi connectivity index (χ1) is 9.86. The quantitative estimate of drug-likeness (QED) is 0.769. The Morgan fingerprint density at radius 2 is 2.00 bits per heavy atom. The van der Waals surface area contributed by atoms with Crippen LogP contribution in [0.15, 0.2) is 0 Å². The van der Waals surface area contributed by atoms with Gasteiger partial charge < -0.3 is 15.4 Å². The Balaban J connectivity index is 2.57. The van der Waals surface area contributed by atoms with E-state index >= 15 is 0 Å². The molecule has 120 valence electrons. The Morgan fingerprint density at radius 3 is 2.52 bits per heavy atom. The van der Waals surface area contributed by atoms with Crippen LogP contribution in [0.1, 0.15) is 27.2 Å². The molecule has 0 saturated carbocycles. The highest BCUT2D eigenvalue weighted by Gasteiger charge is 2.31. The molecule has 6 heteroatoms. The standard InChI is InChI=1S/C15H28N4O2/c1-15(2,3)13(17)14(20)19(6-4-5-16)8-7-18-9-11-21-12-10-18/h13H,4,6-12,17H2,1-3H3/t13-/m0/s1. The van der Waals surface area contributed by atoms with Crippen molar-refractivity contribution in [2.75, 3.05) is 45.9 Å². The van der Waals surface area contributed by atoms with E-state index in [0.717, 1.165) is 32.8 Å². The molecular weight excluding hydrogens is 268 g/mol. The Bertz CT molecular complexity index is 367. The highest BCUT2D eigenvalue weighted by Crippen LogP contribution is 2.19. The van der Waals surface area contributed by atoms with Gasteiger partial charge in [0.15, 0.2) is 0 Å². The van der Waals surface area contributed by atoms with Crippen molar-refractivity contribution in [3.05, 3.63) is 0 Å². The summed E-state index contributed by atoms with van der Waals surface area (Å²) in [6, 6.07) is 1.56. The van der Waals surface area contributed by atoms with Gasteiger partial charge >= 0.3 is 0 Å². The zero-order valence-electron chi connectivity index (χ0n) is 13.5. The number of carbonyl (C=O) groups is 1. The fraction of sp³-hybridized carbons (Fsp3) is 0.867. The van der Waals surface area contributed by atoms with Crippen LogP contribution in [0.2, 0.25) is 0 Å². The molecule has 6 nitrogen and oxygen atoms in total. The Kier molecular flexibility index (Phi) is 7.09. The summed E-state index contributed by atoms with van der Waals surface area (Å²) in [6.45, 7) is 11.0. The maximum atomic E-state index is 12.5. The van der Waals surface area contributed by atoms with Crippen LogP contribution in [0.3, 0.4) is 0 Å². The van der Waals surface area contributed by atoms with Crippen molar-refractivity contribution in [3.8, 4) is 6.07 Å². The van der Waals surface area contributed by atoms with Crippen molar-refractivity contribution in [1.82, 2.24) is 9.80 Å². The average Bonchev–Trinajstić information content (AvgIpc) is 2.46. The second-order valence-corrected chi connectivity index (χ2v) is 6.53. The monoisotopic (exact) mass is 296 g/mol. The molecule has 21 heavy (non-hydrogen) atoms. The first kappa shape index (κ1) is 17.9. The maximum Gasteiger partial charge on any atom is 0.240 e. The number of nitriles is 1. The summed E-state index contributed by atoms with van der Waals surface area (Å²) in [4.78, 5) is 16.5. The molecule has 0 aromatic rings. The minimum atomic E-state index is -0.541. The SMILES string of the molecule is CC(C)(C)[C@@H](N)C(=O)N(CCC#N)CCN1CCOCC1. The molecule has 1 fully saturated rings. The van der Waals surface area contributed by atoms with Crippen LogP contribution in [0.4, 0.5) is 0 Å². The number of hydrogen-bond acceptors (Lipinski definition) is 5. The summed E-state index contributed by atoms with van der Waals surface area (Å²) in [5.74, 6) is -0.0639. The second-order valence-electron chi connectivity index (χ2n) is 6.53. The molecule has 1 heterocycles. The summed E-state index contributed by atoms with van der Waals surface area (Å²) in [5.41, 5.74) is 5.79. The maximum absolute atomic E-state index is 12.5. The molecule has 1 atom stereocenters. The Hall–Kier alpha value is -1.16. The van der Waals surface area contributed by atoms with Gasteiger partial charge in [-0.15, -0.1) is 0 Å². The third-order valence-electron chi connectivity index (χ3n) is 3.79. The van der Waals surface area contributed by atoms with E-state index in [1.165, 1.54) is 0 Å². The number of nitrogens with zero attached hydrogens (tertiary/aromatic N) is 3. The van der Waals surface area contributed by atoms with Gasteiger partial charge in [-0.1, -0.05) is 20.8 Å². The van der Waals surface area contributed by atoms with Gasteiger partial charge in [0, 0.05) is 32.7 Å². The van der Waals surface area contributed by atoms with Crippen LogP contribution >= 0.6 is 0 Å². The summed E-state index contributed by atoms with van der Waals surface area (Å²) in [6.07, 6.45) is 0.339. The van der Waals surface area contributed by atoms with Gasteiger partial charge in [-0.3, -0.25) is 9.69 Å². The average molecular weight is 296 g/mol. The van der Waals surface area contributed by atoms with Crippen LogP contribution < -0.4 is 5.73 Å². The van der Waals surface area contributed by atoms with Gasteiger partial charge in [0.1, 0.15) is 0 Å². The van der Waals surface area contributed by atoms with E-state index in [9.17, 15) is 4.79 Å². The Labute approximate surface area is 127 Å². The van der Waals surface area contributed by atoms with Crippen LogP contribution in [-0.2, 0) is 9.53 Å². The van der Waals surface area contributed by atoms with E-state index in [0.29, 0.717) is 19.5 Å². The smallest absolute Gasteiger partial charge is 0.240 e. The number of rotatable bonds is 6. The fourth-order valence-electron chi connectivity index (χ4n) is 2.17. The van der Waals surface area contributed by atoms with Crippen molar-refractivity contribution in [2.24, 2.45) is 11.1 Å². The summed E-state index contributed by atoms with van der Waals surface area (Å²) in [7, 11) is 0. The minimum Gasteiger partial charge on any atom is -0.379 e. The van der Waals surface area contributed by atoms with Gasteiger partial charge in [0.25, 0.3) is 0 Å². The molecule has 0 radical (unpaired) electrons. The lowest BCUT2D eigenvalue weighted by Crippen LogP contribution is -2.52. The minimum absolute atomic E-state index is 0.0639. The molecule has 1 aliphatic rings. The molecule has 0 bridgehead atoms. The van der Waals surface area contributed by atoms with Gasteiger partial charge in [-0.25, -0.2) is 0 Å². The van der Waals surface area contributed by atoms with Crippen LogP contribution in [0.25, 0.3) is 0 Å². The van der Waals surface area contributed by atoms with Crippen LogP contribution in [0.5, 0.6) is 0 Å². The first-order valence-corrected chi connectivity index (χ1v) is 7.57. The predicted molar refractivity (Wildman–Crippen MR) is 81.5 cm³/mol. The normalized spacial score (nSPS) is 18.0. The number of morpholine rings is 1. The fourth-order valence-corrected chi connectivity index (χ4v) is 2.17. The van der Waals surface area contributed by atoms with E-state index < -0.39 is 6.04 Å². The molecule has 1 amide bonds. The zero-order valence-corrected chi connectivity index (χ0v) is 13.5. The van der Waals surface area contributed by atoms with Gasteiger partial charge in [-0.05, 0) is 5.41 Å². The number of hydrogen-bond donors (Lipinski definition) is 1. The number of carbonyl (C=O) groups excluding carboxylic acids is 1. The predicted octanol–water partition coefficient (Wildman–Crippen LogP) is 0.434. The third kappa shape index (κ3) is 6.00. The molecule has 1 rings (SSSR count). The largest absolute Gasteiger partial charge is 0.379 e. The molecule has 1 saturated heterocycles. The lowest BCUT2D eigenvalue weighted by molar-refractivity contribution is -0.135. The van der Waals surface area contributed by atoms with Gasteiger partial charge in [0.05, 0.1) is 31.7 Å². The first-order valence-electron chi connectivity index (χ1n) is 7.57. The zero-order chi connectivity index (χ0) is 15.9. The van der Waals surface area contributed by atoms with Crippen LogP contribution in [0, 0.1) is 16.7 Å². The molecule has 0 aromatic carbocycles. The Morgan fingerprint density at radius 1 is 1.38 bits per heavy atom. The van der Waals surface area contributed by atoms with E-state index in [1.54, 1.807) is 4.90 Å². The van der Waals surface area contributed by atoms with Gasteiger partial charge in [-0.2, -0.15) is 5.26 Å². The molecule has 0 spiro atoms. The number of amides is 1. The van der Waals surface area contributed by atoms with E-state index in [1.807, 2.05) is 20.8 Å². The topological polar surface area (TPSA) is 82.6 Å². The van der Waals surface area contributed by atoms with E-state index in [-0.39, 0.29) is 11.3 Å². The highest BCUT2D eigenvalue weighted by molar-refractivity contribution is 5.82. The summed E-state index contributed by atoms with van der Waals surface area (Å²) >= 11 is 0.